The van der Waals surface area contributed by atoms with Crippen LogP contribution in [-0.2, 0) is 19.1 Å². The lowest BCUT2D eigenvalue weighted by Crippen LogP contribution is -2.30. The number of rotatable bonds is 7. The molecule has 0 bridgehead atoms. The lowest BCUT2D eigenvalue weighted by molar-refractivity contribution is -0.122. The van der Waals surface area contributed by atoms with Crippen molar-refractivity contribution in [2.24, 2.45) is 11.8 Å². The number of esters is 1. The monoisotopic (exact) mass is 546 g/mol. The molecule has 39 heavy (non-hydrogen) atoms. The summed E-state index contributed by atoms with van der Waals surface area (Å²) in [5.74, 6) is -1.68. The fourth-order valence-electron chi connectivity index (χ4n) is 5.39. The van der Waals surface area contributed by atoms with Crippen LogP contribution in [0.25, 0.3) is 0 Å². The van der Waals surface area contributed by atoms with Crippen LogP contribution in [-0.4, -0.2) is 37.4 Å². The second-order valence-electron chi connectivity index (χ2n) is 9.66. The van der Waals surface area contributed by atoms with Gasteiger partial charge in [-0.05, 0) is 73.2 Å². The first-order valence-electron chi connectivity index (χ1n) is 12.7. The third kappa shape index (κ3) is 5.52. The Balaban J connectivity index is 1.20. The molecule has 1 saturated carbocycles. The zero-order chi connectivity index (χ0) is 27.5. The number of hydrogen-bond acceptors (Lipinski definition) is 6. The third-order valence-corrected chi connectivity index (χ3v) is 7.56. The van der Waals surface area contributed by atoms with Crippen molar-refractivity contribution in [2.75, 3.05) is 23.9 Å². The molecule has 3 aromatic carbocycles. The Bertz CT molecular complexity index is 1410. The quantitative estimate of drug-likeness (QED) is 0.322. The first-order chi connectivity index (χ1) is 18.9. The molecule has 200 valence electrons. The fraction of sp³-hybridized carbons (Fsp3) is 0.267. The molecule has 0 radical (unpaired) electrons. The number of benzene rings is 3. The van der Waals surface area contributed by atoms with Crippen LogP contribution in [0.5, 0.6) is 5.75 Å². The predicted octanol–water partition coefficient (Wildman–Crippen LogP) is 5.22. The molecule has 1 aliphatic heterocycles. The Morgan fingerprint density at radius 3 is 2.38 bits per heavy atom. The molecule has 0 aromatic heterocycles. The molecule has 1 heterocycles. The van der Waals surface area contributed by atoms with Gasteiger partial charge >= 0.3 is 5.97 Å². The van der Waals surface area contributed by atoms with Gasteiger partial charge in [0.15, 0.2) is 6.61 Å². The third-order valence-electron chi connectivity index (χ3n) is 7.33. The largest absolute Gasteiger partial charge is 0.495 e. The molecule has 2 fully saturated rings. The SMILES string of the molecule is COc1ccc(Cl)cc1NC(=O)COC(=O)c1ccc(N2C(=O)[C@@H]3CC[C@@H](c4ccccc4)C[C@H]3C2=O)cc1. The Morgan fingerprint density at radius 1 is 0.949 bits per heavy atom. The van der Waals surface area contributed by atoms with Crippen LogP contribution in [0.15, 0.2) is 72.8 Å². The molecular formula is C30H27ClN2O6. The summed E-state index contributed by atoms with van der Waals surface area (Å²) in [7, 11) is 1.46. The summed E-state index contributed by atoms with van der Waals surface area (Å²) in [6, 6.07) is 20.9. The van der Waals surface area contributed by atoms with Gasteiger partial charge in [0.1, 0.15) is 5.75 Å². The van der Waals surface area contributed by atoms with Gasteiger partial charge in [0.05, 0.1) is 35.9 Å². The standard InChI is InChI=1S/C30H27ClN2O6/c1-38-26-14-10-21(31)16-25(26)32-27(34)17-39-30(37)19-7-11-22(12-8-19)33-28(35)23-13-9-20(15-24(23)29(33)36)18-5-3-2-4-6-18/h2-8,10-12,14,16,20,23-24H,9,13,15,17H2,1H3,(H,32,34)/t20-,23-,24-/m1/s1. The number of ether oxygens (including phenoxy) is 2. The number of carbonyl (C=O) groups excluding carboxylic acids is 4. The first-order valence-corrected chi connectivity index (χ1v) is 13.1. The normalized spacial score (nSPS) is 20.4. The predicted molar refractivity (Wildman–Crippen MR) is 146 cm³/mol. The zero-order valence-electron chi connectivity index (χ0n) is 21.3. The first kappa shape index (κ1) is 26.4. The summed E-state index contributed by atoms with van der Waals surface area (Å²) in [6.45, 7) is -0.523. The maximum Gasteiger partial charge on any atom is 0.338 e. The summed E-state index contributed by atoms with van der Waals surface area (Å²) >= 11 is 5.97. The summed E-state index contributed by atoms with van der Waals surface area (Å²) < 4.78 is 10.3. The van der Waals surface area contributed by atoms with Crippen molar-refractivity contribution < 1.29 is 28.7 Å². The minimum atomic E-state index is -0.715. The number of carbonyl (C=O) groups is 4. The van der Waals surface area contributed by atoms with Crippen LogP contribution < -0.4 is 15.0 Å². The number of anilines is 2. The Morgan fingerprint density at radius 2 is 1.67 bits per heavy atom. The van der Waals surface area contributed by atoms with E-state index in [0.29, 0.717) is 35.0 Å². The Labute approximate surface area is 230 Å². The lowest BCUT2D eigenvalue weighted by atomic mass is 9.73. The smallest absolute Gasteiger partial charge is 0.338 e. The van der Waals surface area contributed by atoms with Crippen molar-refractivity contribution in [3.63, 3.8) is 0 Å². The molecule has 5 rings (SSSR count). The van der Waals surface area contributed by atoms with Crippen LogP contribution in [0.4, 0.5) is 11.4 Å². The van der Waals surface area contributed by atoms with E-state index >= 15 is 0 Å². The molecule has 3 amide bonds. The fourth-order valence-corrected chi connectivity index (χ4v) is 5.56. The van der Waals surface area contributed by atoms with Gasteiger partial charge in [-0.1, -0.05) is 41.9 Å². The van der Waals surface area contributed by atoms with Crippen LogP contribution in [0.1, 0.15) is 41.1 Å². The second kappa shape index (κ2) is 11.3. The van der Waals surface area contributed by atoms with E-state index in [1.807, 2.05) is 18.2 Å². The highest BCUT2D eigenvalue weighted by molar-refractivity contribution is 6.31. The van der Waals surface area contributed by atoms with Gasteiger partial charge < -0.3 is 14.8 Å². The van der Waals surface area contributed by atoms with Gasteiger partial charge in [-0.15, -0.1) is 0 Å². The van der Waals surface area contributed by atoms with Gasteiger partial charge in [0.25, 0.3) is 5.91 Å². The average molecular weight is 547 g/mol. The Kier molecular flexibility index (Phi) is 7.65. The highest BCUT2D eigenvalue weighted by atomic mass is 35.5. The molecule has 3 atom stereocenters. The molecule has 9 heteroatoms. The van der Waals surface area contributed by atoms with E-state index in [0.717, 1.165) is 6.42 Å². The number of imide groups is 1. The van der Waals surface area contributed by atoms with E-state index in [1.165, 1.54) is 35.8 Å². The average Bonchev–Trinajstić information content (AvgIpc) is 3.21. The number of nitrogens with zero attached hydrogens (tertiary/aromatic N) is 1. The number of methoxy groups -OCH3 is 1. The van der Waals surface area contributed by atoms with E-state index in [9.17, 15) is 19.2 Å². The van der Waals surface area contributed by atoms with Gasteiger partial charge in [-0.2, -0.15) is 0 Å². The zero-order valence-corrected chi connectivity index (χ0v) is 22.0. The molecule has 1 N–H and O–H groups in total. The van der Waals surface area contributed by atoms with Crippen molar-refractivity contribution in [3.8, 4) is 5.75 Å². The molecule has 0 spiro atoms. The topological polar surface area (TPSA) is 102 Å². The van der Waals surface area contributed by atoms with Crippen molar-refractivity contribution in [2.45, 2.75) is 25.2 Å². The van der Waals surface area contributed by atoms with Crippen molar-refractivity contribution in [3.05, 3.63) is 88.9 Å². The van der Waals surface area contributed by atoms with Crippen molar-refractivity contribution in [1.29, 1.82) is 0 Å². The maximum atomic E-state index is 13.3. The lowest BCUT2D eigenvalue weighted by Gasteiger charge is -2.28. The van der Waals surface area contributed by atoms with Crippen LogP contribution in [0.3, 0.4) is 0 Å². The van der Waals surface area contributed by atoms with E-state index < -0.39 is 18.5 Å². The summed E-state index contributed by atoms with van der Waals surface area (Å²) in [6.07, 6.45) is 2.17. The minimum absolute atomic E-state index is 0.188. The second-order valence-corrected chi connectivity index (χ2v) is 10.1. The molecule has 1 aliphatic carbocycles. The van der Waals surface area contributed by atoms with E-state index in [2.05, 4.69) is 17.4 Å². The molecule has 1 saturated heterocycles. The van der Waals surface area contributed by atoms with E-state index in [1.54, 1.807) is 24.3 Å². The van der Waals surface area contributed by atoms with Crippen LogP contribution in [0.2, 0.25) is 5.02 Å². The van der Waals surface area contributed by atoms with E-state index in [-0.39, 0.29) is 35.1 Å². The van der Waals surface area contributed by atoms with Crippen molar-refractivity contribution in [1.82, 2.24) is 0 Å². The number of halogens is 1. The van der Waals surface area contributed by atoms with Gasteiger partial charge in [-0.3, -0.25) is 19.3 Å². The highest BCUT2D eigenvalue weighted by Gasteiger charge is 2.50. The van der Waals surface area contributed by atoms with Crippen LogP contribution >= 0.6 is 11.6 Å². The molecule has 0 unspecified atom stereocenters. The van der Waals surface area contributed by atoms with Crippen LogP contribution in [0, 0.1) is 11.8 Å². The summed E-state index contributed by atoms with van der Waals surface area (Å²) in [4.78, 5) is 52.5. The van der Waals surface area contributed by atoms with E-state index in [4.69, 9.17) is 21.1 Å². The molecule has 3 aromatic rings. The summed E-state index contributed by atoms with van der Waals surface area (Å²) in [5, 5.41) is 3.01. The highest BCUT2D eigenvalue weighted by Crippen LogP contribution is 2.45. The number of nitrogens with one attached hydrogen (secondary N) is 1. The minimum Gasteiger partial charge on any atom is -0.495 e. The number of fused-ring (bicyclic) bond motifs is 1. The molecule has 2 aliphatic rings. The molecule has 8 nitrogen and oxygen atoms in total. The van der Waals surface area contributed by atoms with Gasteiger partial charge in [-0.25, -0.2) is 4.79 Å². The maximum absolute atomic E-state index is 13.3. The number of amides is 3. The summed E-state index contributed by atoms with van der Waals surface area (Å²) in [5.41, 5.74) is 2.15. The van der Waals surface area contributed by atoms with Gasteiger partial charge in [0, 0.05) is 5.02 Å². The Hall–Kier alpha value is -4.17. The van der Waals surface area contributed by atoms with Gasteiger partial charge in [0.2, 0.25) is 11.8 Å². The van der Waals surface area contributed by atoms with Crippen molar-refractivity contribution >= 4 is 46.7 Å². The molecular weight excluding hydrogens is 520 g/mol. The number of hydrogen-bond donors (Lipinski definition) is 1.